The summed E-state index contributed by atoms with van der Waals surface area (Å²) in [5.74, 6) is 0.851. The van der Waals surface area contributed by atoms with Crippen LogP contribution in [0.3, 0.4) is 0 Å². The summed E-state index contributed by atoms with van der Waals surface area (Å²) in [6.07, 6.45) is -0.548. The van der Waals surface area contributed by atoms with Gasteiger partial charge in [-0.1, -0.05) is 30.3 Å². The van der Waals surface area contributed by atoms with Gasteiger partial charge in [0.1, 0.15) is 10.6 Å². The molecule has 35 heavy (non-hydrogen) atoms. The molecule has 5 nitrogen and oxygen atoms in total. The average Bonchev–Trinajstić information content (AvgIpc) is 3.23. The Morgan fingerprint density at radius 3 is 2.83 bits per heavy atom. The van der Waals surface area contributed by atoms with Gasteiger partial charge in [-0.15, -0.1) is 11.3 Å². The zero-order valence-electron chi connectivity index (χ0n) is 19.1. The van der Waals surface area contributed by atoms with Gasteiger partial charge in [-0.25, -0.2) is 4.98 Å². The van der Waals surface area contributed by atoms with Gasteiger partial charge in [0.2, 0.25) is 0 Å². The number of methoxy groups -OCH3 is 1. The molecule has 2 aromatic heterocycles. The van der Waals surface area contributed by atoms with Gasteiger partial charge in [-0.3, -0.25) is 9.36 Å². The number of hydrogen-bond acceptors (Lipinski definition) is 5. The number of fused-ring (bicyclic) bond motifs is 3. The van der Waals surface area contributed by atoms with Crippen molar-refractivity contribution in [3.8, 4) is 5.75 Å². The van der Waals surface area contributed by atoms with Crippen molar-refractivity contribution in [3.05, 3.63) is 92.3 Å². The van der Waals surface area contributed by atoms with Crippen molar-refractivity contribution in [3.63, 3.8) is 0 Å². The second kappa shape index (κ2) is 9.47. The third-order valence-electron chi connectivity index (χ3n) is 6.42. The summed E-state index contributed by atoms with van der Waals surface area (Å²) in [6.45, 7) is 0.732. The van der Waals surface area contributed by atoms with E-state index in [-0.39, 0.29) is 18.1 Å². The monoisotopic (exact) mass is 499 g/mol. The Hall–Kier alpha value is -3.17. The molecule has 1 aliphatic rings. The Morgan fingerprint density at radius 1 is 1.20 bits per heavy atom. The van der Waals surface area contributed by atoms with E-state index in [0.29, 0.717) is 22.3 Å². The molecule has 182 valence electrons. The molecule has 0 aliphatic heterocycles. The van der Waals surface area contributed by atoms with E-state index in [0.717, 1.165) is 53.1 Å². The van der Waals surface area contributed by atoms with Crippen molar-refractivity contribution < 1.29 is 17.9 Å². The summed E-state index contributed by atoms with van der Waals surface area (Å²) in [7, 11) is 1.66. The molecule has 1 aliphatic carbocycles. The van der Waals surface area contributed by atoms with Crippen molar-refractivity contribution >= 4 is 21.6 Å². The minimum absolute atomic E-state index is 0.0411. The summed E-state index contributed by atoms with van der Waals surface area (Å²) in [6, 6.07) is 13.2. The fraction of sp³-hybridized carbons (Fsp3) is 0.308. The molecule has 4 aromatic rings. The molecule has 0 fully saturated rings. The Labute approximate surface area is 204 Å². The summed E-state index contributed by atoms with van der Waals surface area (Å²) in [5, 5.41) is 4.20. The quantitative estimate of drug-likeness (QED) is 0.397. The molecule has 1 N–H and O–H groups in total. The highest BCUT2D eigenvalue weighted by Crippen LogP contribution is 2.34. The smallest absolute Gasteiger partial charge is 0.416 e. The number of halogens is 3. The number of rotatable bonds is 6. The SMILES string of the molecule is COc1ccccc1CNC1CCc2c(sc3ncn(Cc4cccc(C(F)(F)F)c4)c(=O)c23)C1. The van der Waals surface area contributed by atoms with Crippen molar-refractivity contribution in [1.82, 2.24) is 14.9 Å². The Balaban J connectivity index is 1.36. The third kappa shape index (κ3) is 4.83. The number of ether oxygens (including phenoxy) is 1. The minimum Gasteiger partial charge on any atom is -0.496 e. The second-order valence-corrected chi connectivity index (χ2v) is 9.78. The van der Waals surface area contributed by atoms with Crippen LogP contribution in [0.4, 0.5) is 13.2 Å². The van der Waals surface area contributed by atoms with E-state index in [1.165, 1.54) is 28.3 Å². The molecule has 1 atom stereocenters. The van der Waals surface area contributed by atoms with Crippen LogP contribution in [0.15, 0.2) is 59.7 Å². The van der Waals surface area contributed by atoms with Crippen molar-refractivity contribution in [2.75, 3.05) is 7.11 Å². The number of aryl methyl sites for hydroxylation is 1. The van der Waals surface area contributed by atoms with E-state index in [9.17, 15) is 18.0 Å². The van der Waals surface area contributed by atoms with Crippen molar-refractivity contribution in [2.45, 2.75) is 44.6 Å². The van der Waals surface area contributed by atoms with Gasteiger partial charge in [0.25, 0.3) is 5.56 Å². The summed E-state index contributed by atoms with van der Waals surface area (Å²) in [4.78, 5) is 19.6. The van der Waals surface area contributed by atoms with Crippen LogP contribution in [0.5, 0.6) is 5.75 Å². The Morgan fingerprint density at radius 2 is 2.03 bits per heavy atom. The normalized spacial score (nSPS) is 15.8. The lowest BCUT2D eigenvalue weighted by Gasteiger charge is -2.24. The predicted molar refractivity (Wildman–Crippen MR) is 130 cm³/mol. The molecule has 2 heterocycles. The van der Waals surface area contributed by atoms with Crippen LogP contribution in [0, 0.1) is 0 Å². The Kier molecular flexibility index (Phi) is 6.37. The molecule has 0 saturated heterocycles. The first-order chi connectivity index (χ1) is 16.8. The van der Waals surface area contributed by atoms with E-state index in [1.54, 1.807) is 13.2 Å². The van der Waals surface area contributed by atoms with Crippen LogP contribution >= 0.6 is 11.3 Å². The van der Waals surface area contributed by atoms with Gasteiger partial charge < -0.3 is 10.1 Å². The molecule has 0 radical (unpaired) electrons. The van der Waals surface area contributed by atoms with Crippen molar-refractivity contribution in [1.29, 1.82) is 0 Å². The molecule has 1 unspecified atom stereocenters. The predicted octanol–water partition coefficient (Wildman–Crippen LogP) is 5.18. The molecular formula is C26H24F3N3O2S. The maximum atomic E-state index is 13.3. The number of nitrogens with zero attached hydrogens (tertiary/aromatic N) is 2. The number of thiophene rings is 1. The first kappa shape index (κ1) is 23.6. The van der Waals surface area contributed by atoms with Gasteiger partial charge in [0, 0.05) is 23.0 Å². The van der Waals surface area contributed by atoms with Crippen LogP contribution in [0.2, 0.25) is 0 Å². The largest absolute Gasteiger partial charge is 0.496 e. The number of nitrogens with one attached hydrogen (secondary N) is 1. The van der Waals surface area contributed by atoms with Crippen molar-refractivity contribution in [2.24, 2.45) is 0 Å². The molecule has 0 bridgehead atoms. The van der Waals surface area contributed by atoms with E-state index in [2.05, 4.69) is 10.3 Å². The molecule has 0 spiro atoms. The molecule has 5 rings (SSSR count). The fourth-order valence-corrected chi connectivity index (χ4v) is 5.89. The molecular weight excluding hydrogens is 475 g/mol. The van der Waals surface area contributed by atoms with Gasteiger partial charge in [0.05, 0.1) is 30.9 Å². The summed E-state index contributed by atoms with van der Waals surface area (Å²) < 4.78 is 46.0. The third-order valence-corrected chi connectivity index (χ3v) is 7.58. The van der Waals surface area contributed by atoms with Crippen LogP contribution in [-0.2, 0) is 32.1 Å². The second-order valence-electron chi connectivity index (χ2n) is 8.69. The molecule has 2 aromatic carbocycles. The number of alkyl halides is 3. The van der Waals surface area contributed by atoms with E-state index in [1.807, 2.05) is 24.3 Å². The maximum Gasteiger partial charge on any atom is 0.416 e. The number of aromatic nitrogens is 2. The molecule has 9 heteroatoms. The number of benzene rings is 2. The van der Waals surface area contributed by atoms with E-state index < -0.39 is 11.7 Å². The highest BCUT2D eigenvalue weighted by Gasteiger charge is 2.30. The lowest BCUT2D eigenvalue weighted by molar-refractivity contribution is -0.137. The van der Waals surface area contributed by atoms with Crippen LogP contribution < -0.4 is 15.6 Å². The lowest BCUT2D eigenvalue weighted by Crippen LogP contribution is -2.34. The Bertz CT molecular complexity index is 1430. The minimum atomic E-state index is -4.42. The zero-order chi connectivity index (χ0) is 24.6. The zero-order valence-corrected chi connectivity index (χ0v) is 19.9. The number of para-hydroxylation sites is 1. The maximum absolute atomic E-state index is 13.3. The molecule has 0 amide bonds. The molecule has 0 saturated carbocycles. The highest BCUT2D eigenvalue weighted by molar-refractivity contribution is 7.18. The van der Waals surface area contributed by atoms with Crippen LogP contribution in [-0.4, -0.2) is 22.7 Å². The van der Waals surface area contributed by atoms with Crippen LogP contribution in [0.1, 0.15) is 33.6 Å². The lowest BCUT2D eigenvalue weighted by atomic mass is 9.93. The highest BCUT2D eigenvalue weighted by atomic mass is 32.1. The van der Waals surface area contributed by atoms with Gasteiger partial charge in [-0.05, 0) is 48.6 Å². The van der Waals surface area contributed by atoms with Crippen LogP contribution in [0.25, 0.3) is 10.2 Å². The number of hydrogen-bond donors (Lipinski definition) is 1. The van der Waals surface area contributed by atoms with Gasteiger partial charge >= 0.3 is 6.18 Å². The standard InChI is InChI=1S/C26H24F3N3O2S/c1-34-21-8-3-2-6-17(21)13-30-19-9-10-20-22(12-19)35-24-23(20)25(33)32(15-31-24)14-16-5-4-7-18(11-16)26(27,28)29/h2-8,11,15,19,30H,9-10,12-14H2,1H3. The average molecular weight is 500 g/mol. The first-order valence-electron chi connectivity index (χ1n) is 11.3. The first-order valence-corrected chi connectivity index (χ1v) is 12.2. The fourth-order valence-electron chi connectivity index (χ4n) is 4.63. The summed E-state index contributed by atoms with van der Waals surface area (Å²) in [5.41, 5.74) is 1.60. The van der Waals surface area contributed by atoms with E-state index in [4.69, 9.17) is 4.74 Å². The summed E-state index contributed by atoms with van der Waals surface area (Å²) >= 11 is 1.53. The van der Waals surface area contributed by atoms with Gasteiger partial charge in [-0.2, -0.15) is 13.2 Å². The topological polar surface area (TPSA) is 56.1 Å². The van der Waals surface area contributed by atoms with E-state index >= 15 is 0 Å². The van der Waals surface area contributed by atoms with Gasteiger partial charge in [0.15, 0.2) is 0 Å².